The molecular formula is C20H32N4O3. The molecule has 1 saturated carbocycles. The van der Waals surface area contributed by atoms with Crippen molar-refractivity contribution in [2.24, 2.45) is 24.8 Å². The lowest BCUT2D eigenvalue weighted by Crippen LogP contribution is -2.45. The van der Waals surface area contributed by atoms with Crippen LogP contribution in [0.5, 0.6) is 0 Å². The predicted octanol–water partition coefficient (Wildman–Crippen LogP) is 1.76. The summed E-state index contributed by atoms with van der Waals surface area (Å²) in [7, 11) is 3.38. The van der Waals surface area contributed by atoms with Crippen LogP contribution in [0.2, 0.25) is 0 Å². The summed E-state index contributed by atoms with van der Waals surface area (Å²) >= 11 is 0. The van der Waals surface area contributed by atoms with Gasteiger partial charge in [-0.2, -0.15) is 5.10 Å². The first-order chi connectivity index (χ1) is 12.8. The van der Waals surface area contributed by atoms with Crippen molar-refractivity contribution in [2.45, 2.75) is 52.2 Å². The van der Waals surface area contributed by atoms with E-state index in [9.17, 15) is 9.59 Å². The minimum atomic E-state index is -0.145. The number of rotatable bonds is 5. The van der Waals surface area contributed by atoms with Gasteiger partial charge in [-0.15, -0.1) is 0 Å². The van der Waals surface area contributed by atoms with Crippen LogP contribution in [-0.2, 0) is 16.6 Å². The monoisotopic (exact) mass is 376 g/mol. The van der Waals surface area contributed by atoms with Gasteiger partial charge in [-0.05, 0) is 50.0 Å². The van der Waals surface area contributed by atoms with Gasteiger partial charge in [0.05, 0.1) is 18.4 Å². The average molecular weight is 377 g/mol. The molecule has 1 aliphatic heterocycles. The van der Waals surface area contributed by atoms with Gasteiger partial charge >= 0.3 is 0 Å². The number of ether oxygens (including phenoxy) is 1. The van der Waals surface area contributed by atoms with Gasteiger partial charge in [-0.3, -0.25) is 14.3 Å². The van der Waals surface area contributed by atoms with E-state index in [1.54, 1.807) is 29.7 Å². The number of carbonyl (C=O) groups excluding carboxylic acids is 2. The maximum atomic E-state index is 13.2. The molecule has 7 heteroatoms. The summed E-state index contributed by atoms with van der Waals surface area (Å²) in [4.78, 5) is 27.1. The molecule has 0 spiro atoms. The Morgan fingerprint density at radius 2 is 2.04 bits per heavy atom. The van der Waals surface area contributed by atoms with Crippen molar-refractivity contribution in [1.82, 2.24) is 20.0 Å². The van der Waals surface area contributed by atoms with Gasteiger partial charge in [0.2, 0.25) is 5.91 Å². The molecule has 2 amide bonds. The number of nitrogens with one attached hydrogen (secondary N) is 1. The van der Waals surface area contributed by atoms with Crippen LogP contribution >= 0.6 is 0 Å². The number of fused-ring (bicyclic) bond motifs is 1. The van der Waals surface area contributed by atoms with Crippen molar-refractivity contribution in [3.8, 4) is 0 Å². The molecule has 2 aliphatic rings. The lowest BCUT2D eigenvalue weighted by atomic mass is 9.85. The molecule has 4 atom stereocenters. The maximum Gasteiger partial charge on any atom is 0.272 e. The van der Waals surface area contributed by atoms with E-state index in [0.717, 1.165) is 31.6 Å². The van der Waals surface area contributed by atoms with E-state index < -0.39 is 0 Å². The largest absolute Gasteiger partial charge is 0.378 e. The zero-order valence-corrected chi connectivity index (χ0v) is 17.1. The molecule has 0 radical (unpaired) electrons. The van der Waals surface area contributed by atoms with Gasteiger partial charge in [0.1, 0.15) is 12.2 Å². The predicted molar refractivity (Wildman–Crippen MR) is 102 cm³/mol. The molecule has 1 N–H and O–H groups in total. The zero-order valence-electron chi connectivity index (χ0n) is 17.1. The van der Waals surface area contributed by atoms with Crippen molar-refractivity contribution < 1.29 is 14.3 Å². The molecule has 2 heterocycles. The second kappa shape index (κ2) is 8.00. The van der Waals surface area contributed by atoms with Gasteiger partial charge in [0.25, 0.3) is 5.91 Å². The van der Waals surface area contributed by atoms with Crippen LogP contribution in [0, 0.1) is 24.7 Å². The standard InChI is InChI=1S/C20H32N4O3/c1-12(2)18-9-14-7-16(8-15(14)11-27-18)24(10-19(25)21-4)20(26)17-6-13(3)22-23(17)5/h6,12,14-16,18H,7-11H2,1-5H3,(H,21,25)/t14-,15+,16-,18-/m0/s1. The van der Waals surface area contributed by atoms with Crippen molar-refractivity contribution in [2.75, 3.05) is 20.2 Å². The fraction of sp³-hybridized carbons (Fsp3) is 0.750. The molecule has 2 fully saturated rings. The first kappa shape index (κ1) is 19.9. The fourth-order valence-electron chi connectivity index (χ4n) is 4.56. The smallest absolute Gasteiger partial charge is 0.272 e. The second-order valence-corrected chi connectivity index (χ2v) is 8.40. The molecule has 1 saturated heterocycles. The Kier molecular flexibility index (Phi) is 5.89. The lowest BCUT2D eigenvalue weighted by Gasteiger charge is -2.34. The summed E-state index contributed by atoms with van der Waals surface area (Å²) in [5, 5.41) is 6.94. The minimum absolute atomic E-state index is 0.0644. The van der Waals surface area contributed by atoms with E-state index in [1.807, 2.05) is 6.92 Å². The van der Waals surface area contributed by atoms with Gasteiger partial charge < -0.3 is 15.0 Å². The molecule has 1 aliphatic carbocycles. The Morgan fingerprint density at radius 1 is 1.33 bits per heavy atom. The van der Waals surface area contributed by atoms with E-state index >= 15 is 0 Å². The highest BCUT2D eigenvalue weighted by Gasteiger charge is 2.43. The molecule has 27 heavy (non-hydrogen) atoms. The minimum Gasteiger partial charge on any atom is -0.378 e. The van der Waals surface area contributed by atoms with Crippen molar-refractivity contribution in [3.63, 3.8) is 0 Å². The SMILES string of the molecule is CNC(=O)CN(C(=O)c1cc(C)nn1C)[C@@H]1C[C@@H]2CO[C@H](C(C)C)C[C@@H]2C1. The number of carbonyl (C=O) groups is 2. The van der Waals surface area contributed by atoms with Crippen LogP contribution in [0.1, 0.15) is 49.3 Å². The highest BCUT2D eigenvalue weighted by atomic mass is 16.5. The molecule has 1 aromatic rings. The Labute approximate surface area is 161 Å². The first-order valence-electron chi connectivity index (χ1n) is 9.94. The Morgan fingerprint density at radius 3 is 2.63 bits per heavy atom. The van der Waals surface area contributed by atoms with Crippen LogP contribution in [0.3, 0.4) is 0 Å². The Hall–Kier alpha value is -1.89. The molecule has 0 bridgehead atoms. The van der Waals surface area contributed by atoms with E-state index in [1.165, 1.54) is 0 Å². The Bertz CT molecular complexity index is 699. The summed E-state index contributed by atoms with van der Waals surface area (Å²) in [6.45, 7) is 7.11. The maximum absolute atomic E-state index is 13.2. The third-order valence-electron chi connectivity index (χ3n) is 6.13. The van der Waals surface area contributed by atoms with E-state index in [2.05, 4.69) is 24.3 Å². The normalized spacial score (nSPS) is 27.5. The number of hydrogen-bond donors (Lipinski definition) is 1. The summed E-state index contributed by atoms with van der Waals surface area (Å²) < 4.78 is 7.66. The van der Waals surface area contributed by atoms with Crippen molar-refractivity contribution in [3.05, 3.63) is 17.5 Å². The molecule has 0 unspecified atom stereocenters. The van der Waals surface area contributed by atoms with Gasteiger partial charge in [-0.25, -0.2) is 0 Å². The molecule has 0 aromatic carbocycles. The zero-order chi connectivity index (χ0) is 19.7. The first-order valence-corrected chi connectivity index (χ1v) is 9.94. The molecule has 1 aromatic heterocycles. The highest BCUT2D eigenvalue weighted by Crippen LogP contribution is 2.42. The van der Waals surface area contributed by atoms with Crippen molar-refractivity contribution >= 4 is 11.8 Å². The van der Waals surface area contributed by atoms with Crippen LogP contribution in [0.25, 0.3) is 0 Å². The molecular weight excluding hydrogens is 344 g/mol. The van der Waals surface area contributed by atoms with Crippen LogP contribution in [-0.4, -0.2) is 58.8 Å². The molecule has 150 valence electrons. The van der Waals surface area contributed by atoms with Gasteiger partial charge in [-0.1, -0.05) is 13.8 Å². The Balaban J connectivity index is 1.79. The van der Waals surface area contributed by atoms with E-state index in [-0.39, 0.29) is 24.4 Å². The third kappa shape index (κ3) is 4.18. The van der Waals surface area contributed by atoms with Gasteiger partial charge in [0, 0.05) is 20.1 Å². The quantitative estimate of drug-likeness (QED) is 0.849. The van der Waals surface area contributed by atoms with Crippen LogP contribution < -0.4 is 5.32 Å². The highest BCUT2D eigenvalue weighted by molar-refractivity contribution is 5.95. The van der Waals surface area contributed by atoms with E-state index in [4.69, 9.17) is 4.74 Å². The summed E-state index contributed by atoms with van der Waals surface area (Å²) in [5.74, 6) is 1.27. The topological polar surface area (TPSA) is 76.5 Å². The number of aromatic nitrogens is 2. The number of aryl methyl sites for hydroxylation is 2. The molecule has 7 nitrogen and oxygen atoms in total. The lowest BCUT2D eigenvalue weighted by molar-refractivity contribution is -0.121. The summed E-state index contributed by atoms with van der Waals surface area (Å²) in [6, 6.07) is 1.86. The number of nitrogens with zero attached hydrogens (tertiary/aromatic N) is 3. The van der Waals surface area contributed by atoms with Gasteiger partial charge in [0.15, 0.2) is 0 Å². The van der Waals surface area contributed by atoms with Crippen LogP contribution in [0.4, 0.5) is 0 Å². The van der Waals surface area contributed by atoms with E-state index in [0.29, 0.717) is 29.6 Å². The summed E-state index contributed by atoms with van der Waals surface area (Å²) in [6.07, 6.45) is 3.19. The average Bonchev–Trinajstić information content (AvgIpc) is 3.20. The number of amides is 2. The number of hydrogen-bond acceptors (Lipinski definition) is 4. The van der Waals surface area contributed by atoms with Crippen LogP contribution in [0.15, 0.2) is 6.07 Å². The second-order valence-electron chi connectivity index (χ2n) is 8.40. The van der Waals surface area contributed by atoms with Crippen molar-refractivity contribution in [1.29, 1.82) is 0 Å². The molecule has 3 rings (SSSR count). The fourth-order valence-corrected chi connectivity index (χ4v) is 4.56. The third-order valence-corrected chi connectivity index (χ3v) is 6.13. The summed E-state index contributed by atoms with van der Waals surface area (Å²) in [5.41, 5.74) is 1.33. The number of likely N-dealkylation sites (N-methyl/N-ethyl adjacent to an activating group) is 1.